The zero-order valence-electron chi connectivity index (χ0n) is 9.51. The van der Waals surface area contributed by atoms with Crippen LogP contribution in [-0.2, 0) is 19.4 Å². The van der Waals surface area contributed by atoms with Crippen LogP contribution in [0.25, 0.3) is 0 Å². The molecule has 2 N–H and O–H groups in total. The molecule has 0 aliphatic carbocycles. The Labute approximate surface area is 86.3 Å². The molecule has 14 heavy (non-hydrogen) atoms. The topological polar surface area (TPSA) is 43.8 Å². The molecule has 0 saturated carbocycles. The second-order valence-electron chi connectivity index (χ2n) is 3.55. The van der Waals surface area contributed by atoms with Crippen molar-refractivity contribution in [1.82, 2.24) is 9.55 Å². The van der Waals surface area contributed by atoms with Crippen molar-refractivity contribution < 1.29 is 0 Å². The van der Waals surface area contributed by atoms with Gasteiger partial charge in [0, 0.05) is 12.2 Å². The highest BCUT2D eigenvalue weighted by atomic mass is 15.1. The monoisotopic (exact) mass is 195 g/mol. The third-order valence-corrected chi connectivity index (χ3v) is 2.60. The van der Waals surface area contributed by atoms with Crippen molar-refractivity contribution in [1.29, 1.82) is 0 Å². The zero-order valence-corrected chi connectivity index (χ0v) is 9.51. The molecule has 0 fully saturated rings. The van der Waals surface area contributed by atoms with Crippen molar-refractivity contribution >= 4 is 0 Å². The minimum absolute atomic E-state index is 0.752. The SMILES string of the molecule is CCc1nc(C)n(CCCN)c1CC. The molecule has 0 saturated heterocycles. The van der Waals surface area contributed by atoms with Crippen LogP contribution in [0.15, 0.2) is 0 Å². The van der Waals surface area contributed by atoms with Crippen LogP contribution in [0.2, 0.25) is 0 Å². The quantitative estimate of drug-likeness (QED) is 0.776. The minimum Gasteiger partial charge on any atom is -0.332 e. The van der Waals surface area contributed by atoms with Gasteiger partial charge in [-0.3, -0.25) is 0 Å². The zero-order chi connectivity index (χ0) is 10.6. The fourth-order valence-corrected chi connectivity index (χ4v) is 1.90. The first-order chi connectivity index (χ1) is 6.74. The predicted octanol–water partition coefficient (Wildman–Crippen LogP) is 1.67. The van der Waals surface area contributed by atoms with E-state index in [2.05, 4.69) is 30.3 Å². The summed E-state index contributed by atoms with van der Waals surface area (Å²) in [6, 6.07) is 0. The first-order valence-corrected chi connectivity index (χ1v) is 5.49. The van der Waals surface area contributed by atoms with Gasteiger partial charge >= 0.3 is 0 Å². The molecule has 0 bridgehead atoms. The Kier molecular flexibility index (Phi) is 4.14. The number of aryl methyl sites for hydroxylation is 2. The van der Waals surface area contributed by atoms with Crippen molar-refractivity contribution in [3.8, 4) is 0 Å². The minimum atomic E-state index is 0.752. The number of nitrogens with two attached hydrogens (primary N) is 1. The van der Waals surface area contributed by atoms with Crippen LogP contribution < -0.4 is 5.73 Å². The van der Waals surface area contributed by atoms with E-state index in [1.54, 1.807) is 0 Å². The molecular weight excluding hydrogens is 174 g/mol. The Morgan fingerprint density at radius 1 is 1.29 bits per heavy atom. The van der Waals surface area contributed by atoms with Crippen LogP contribution in [0, 0.1) is 6.92 Å². The van der Waals surface area contributed by atoms with Gasteiger partial charge in [0.1, 0.15) is 5.82 Å². The van der Waals surface area contributed by atoms with Gasteiger partial charge in [0.2, 0.25) is 0 Å². The fraction of sp³-hybridized carbons (Fsp3) is 0.727. The van der Waals surface area contributed by atoms with Crippen LogP contribution in [0.3, 0.4) is 0 Å². The van der Waals surface area contributed by atoms with E-state index >= 15 is 0 Å². The Morgan fingerprint density at radius 2 is 2.00 bits per heavy atom. The first-order valence-electron chi connectivity index (χ1n) is 5.49. The van der Waals surface area contributed by atoms with E-state index in [-0.39, 0.29) is 0 Å². The average molecular weight is 195 g/mol. The molecule has 0 radical (unpaired) electrons. The fourth-order valence-electron chi connectivity index (χ4n) is 1.90. The molecule has 0 aliphatic rings. The lowest BCUT2D eigenvalue weighted by Gasteiger charge is -2.08. The van der Waals surface area contributed by atoms with Crippen LogP contribution in [-0.4, -0.2) is 16.1 Å². The van der Waals surface area contributed by atoms with Gasteiger partial charge < -0.3 is 10.3 Å². The maximum absolute atomic E-state index is 5.52. The van der Waals surface area contributed by atoms with Crippen molar-refractivity contribution in [3.63, 3.8) is 0 Å². The summed E-state index contributed by atoms with van der Waals surface area (Å²) in [5.41, 5.74) is 8.16. The third-order valence-electron chi connectivity index (χ3n) is 2.60. The maximum Gasteiger partial charge on any atom is 0.106 e. The van der Waals surface area contributed by atoms with Gasteiger partial charge in [-0.2, -0.15) is 0 Å². The predicted molar refractivity (Wildman–Crippen MR) is 59.4 cm³/mol. The molecule has 3 nitrogen and oxygen atoms in total. The van der Waals surface area contributed by atoms with E-state index in [9.17, 15) is 0 Å². The normalized spacial score (nSPS) is 10.9. The number of nitrogens with zero attached hydrogens (tertiary/aromatic N) is 2. The molecule has 1 aromatic heterocycles. The smallest absolute Gasteiger partial charge is 0.106 e. The molecule has 0 atom stereocenters. The summed E-state index contributed by atoms with van der Waals surface area (Å²) in [5, 5.41) is 0. The van der Waals surface area contributed by atoms with E-state index in [0.29, 0.717) is 0 Å². The lowest BCUT2D eigenvalue weighted by Crippen LogP contribution is -2.09. The van der Waals surface area contributed by atoms with Gasteiger partial charge in [0.25, 0.3) is 0 Å². The molecular formula is C11H21N3. The van der Waals surface area contributed by atoms with Gasteiger partial charge in [0.15, 0.2) is 0 Å². The second kappa shape index (κ2) is 5.15. The van der Waals surface area contributed by atoms with Crippen LogP contribution in [0.5, 0.6) is 0 Å². The van der Waals surface area contributed by atoms with E-state index in [1.807, 2.05) is 0 Å². The first kappa shape index (κ1) is 11.2. The highest BCUT2D eigenvalue weighted by Gasteiger charge is 2.10. The average Bonchev–Trinajstić information content (AvgIpc) is 2.51. The Hall–Kier alpha value is -0.830. The van der Waals surface area contributed by atoms with Crippen molar-refractivity contribution in [2.45, 2.75) is 46.6 Å². The summed E-state index contributed by atoms with van der Waals surface area (Å²) in [7, 11) is 0. The third kappa shape index (κ3) is 2.15. The second-order valence-corrected chi connectivity index (χ2v) is 3.55. The largest absolute Gasteiger partial charge is 0.332 e. The molecule has 1 aromatic rings. The highest BCUT2D eigenvalue weighted by Crippen LogP contribution is 2.13. The van der Waals surface area contributed by atoms with Gasteiger partial charge in [-0.15, -0.1) is 0 Å². The Balaban J connectivity index is 2.93. The Morgan fingerprint density at radius 3 is 2.50 bits per heavy atom. The summed E-state index contributed by atoms with van der Waals surface area (Å²) in [5.74, 6) is 1.13. The molecule has 0 aliphatic heterocycles. The molecule has 80 valence electrons. The van der Waals surface area contributed by atoms with Crippen LogP contribution >= 0.6 is 0 Å². The van der Waals surface area contributed by atoms with E-state index < -0.39 is 0 Å². The molecule has 0 aromatic carbocycles. The Bertz CT molecular complexity index is 289. The molecule has 0 amide bonds. The number of hydrogen-bond acceptors (Lipinski definition) is 2. The molecule has 3 heteroatoms. The summed E-state index contributed by atoms with van der Waals surface area (Å²) >= 11 is 0. The van der Waals surface area contributed by atoms with Crippen LogP contribution in [0.4, 0.5) is 0 Å². The van der Waals surface area contributed by atoms with Gasteiger partial charge in [-0.1, -0.05) is 13.8 Å². The number of imidazole rings is 1. The van der Waals surface area contributed by atoms with Crippen molar-refractivity contribution in [3.05, 3.63) is 17.2 Å². The molecule has 0 spiro atoms. The number of aromatic nitrogens is 2. The van der Waals surface area contributed by atoms with Crippen molar-refractivity contribution in [2.24, 2.45) is 5.73 Å². The maximum atomic E-state index is 5.52. The van der Waals surface area contributed by atoms with Gasteiger partial charge in [0.05, 0.1) is 5.69 Å². The lowest BCUT2D eigenvalue weighted by atomic mass is 10.2. The summed E-state index contributed by atoms with van der Waals surface area (Å²) in [6.07, 6.45) is 3.13. The summed E-state index contributed by atoms with van der Waals surface area (Å²) in [6.45, 7) is 8.19. The van der Waals surface area contributed by atoms with E-state index in [1.165, 1.54) is 11.4 Å². The van der Waals surface area contributed by atoms with E-state index in [4.69, 9.17) is 5.73 Å². The van der Waals surface area contributed by atoms with E-state index in [0.717, 1.165) is 38.2 Å². The van der Waals surface area contributed by atoms with Gasteiger partial charge in [-0.25, -0.2) is 4.98 Å². The standard InChI is InChI=1S/C11H21N3/c1-4-10-11(5-2)14(8-6-7-12)9(3)13-10/h4-8,12H2,1-3H3. The van der Waals surface area contributed by atoms with Crippen LogP contribution in [0.1, 0.15) is 37.5 Å². The van der Waals surface area contributed by atoms with Gasteiger partial charge in [-0.05, 0) is 32.7 Å². The summed E-state index contributed by atoms with van der Waals surface area (Å²) in [4.78, 5) is 4.57. The molecule has 1 rings (SSSR count). The lowest BCUT2D eigenvalue weighted by molar-refractivity contribution is 0.609. The number of hydrogen-bond donors (Lipinski definition) is 1. The van der Waals surface area contributed by atoms with Crippen molar-refractivity contribution in [2.75, 3.05) is 6.54 Å². The highest BCUT2D eigenvalue weighted by molar-refractivity contribution is 5.17. The molecule has 0 unspecified atom stereocenters. The summed E-state index contributed by atoms with van der Waals surface area (Å²) < 4.78 is 2.31. The molecule has 1 heterocycles. The number of rotatable bonds is 5.